The molecule has 2 amide bonds. The number of nitrogens with zero attached hydrogens (tertiary/aromatic N) is 1. The molecule has 0 saturated carbocycles. The average Bonchev–Trinajstić information content (AvgIpc) is 3.05. The Balaban J connectivity index is 0.00000169. The Morgan fingerprint density at radius 2 is 1.92 bits per heavy atom. The Kier molecular flexibility index (Phi) is 4.78. The van der Waals surface area contributed by atoms with Gasteiger partial charge in [-0.05, 0) is 35.7 Å². The lowest BCUT2D eigenvalue weighted by Gasteiger charge is -2.39. The zero-order chi connectivity index (χ0) is 15.8. The molecule has 0 spiro atoms. The highest BCUT2D eigenvalue weighted by Crippen LogP contribution is 2.37. The Bertz CT molecular complexity index is 735. The molecule has 1 saturated heterocycles. The molecule has 5 heteroatoms. The fourth-order valence-corrected chi connectivity index (χ4v) is 3.82. The molecule has 2 N–H and O–H groups in total. The Morgan fingerprint density at radius 3 is 2.71 bits per heavy atom. The maximum absolute atomic E-state index is 12.8. The molecular formula is C19H22ClN3O. The summed E-state index contributed by atoms with van der Waals surface area (Å²) in [7, 11) is 0. The normalized spacial score (nSPS) is 21.5. The number of aryl methyl sites for hydroxylation is 1. The molecule has 24 heavy (non-hydrogen) atoms. The fourth-order valence-electron chi connectivity index (χ4n) is 3.82. The van der Waals surface area contributed by atoms with E-state index in [1.54, 1.807) is 0 Å². The maximum atomic E-state index is 12.8. The van der Waals surface area contributed by atoms with Gasteiger partial charge in [0.05, 0.1) is 6.04 Å². The SMILES string of the molecule is Cc1cccc2c1CN(C(=O)Nc1ccccc1)[C@@H]1CNC[C@@H]21.Cl. The third-order valence-corrected chi connectivity index (χ3v) is 5.04. The van der Waals surface area contributed by atoms with E-state index in [4.69, 9.17) is 0 Å². The minimum Gasteiger partial charge on any atom is -0.315 e. The Labute approximate surface area is 148 Å². The monoisotopic (exact) mass is 343 g/mol. The molecule has 0 unspecified atom stereocenters. The lowest BCUT2D eigenvalue weighted by atomic mass is 9.84. The summed E-state index contributed by atoms with van der Waals surface area (Å²) < 4.78 is 0. The van der Waals surface area contributed by atoms with Gasteiger partial charge in [-0.1, -0.05) is 36.4 Å². The van der Waals surface area contributed by atoms with Crippen LogP contribution in [0, 0.1) is 6.92 Å². The van der Waals surface area contributed by atoms with Crippen molar-refractivity contribution >= 4 is 24.1 Å². The van der Waals surface area contributed by atoms with Crippen LogP contribution in [0.2, 0.25) is 0 Å². The predicted octanol–water partition coefficient (Wildman–Crippen LogP) is 3.52. The second-order valence-corrected chi connectivity index (χ2v) is 6.40. The van der Waals surface area contributed by atoms with E-state index in [0.717, 1.165) is 18.8 Å². The maximum Gasteiger partial charge on any atom is 0.322 e. The number of anilines is 1. The van der Waals surface area contributed by atoms with Crippen molar-refractivity contribution in [2.45, 2.75) is 25.4 Å². The van der Waals surface area contributed by atoms with Crippen molar-refractivity contribution < 1.29 is 4.79 Å². The first-order chi connectivity index (χ1) is 11.2. The lowest BCUT2D eigenvalue weighted by Crippen LogP contribution is -2.48. The average molecular weight is 344 g/mol. The number of hydrogen-bond acceptors (Lipinski definition) is 2. The van der Waals surface area contributed by atoms with Gasteiger partial charge in [-0.25, -0.2) is 4.79 Å². The molecule has 0 bridgehead atoms. The molecule has 4 nitrogen and oxygen atoms in total. The van der Waals surface area contributed by atoms with Crippen LogP contribution in [0.25, 0.3) is 0 Å². The number of carbonyl (C=O) groups excluding carboxylic acids is 1. The van der Waals surface area contributed by atoms with Crippen molar-refractivity contribution in [3.63, 3.8) is 0 Å². The van der Waals surface area contributed by atoms with Gasteiger partial charge >= 0.3 is 6.03 Å². The minimum atomic E-state index is -0.0104. The van der Waals surface area contributed by atoms with Gasteiger partial charge in [-0.2, -0.15) is 0 Å². The van der Waals surface area contributed by atoms with Gasteiger partial charge in [0.25, 0.3) is 0 Å². The Morgan fingerprint density at radius 1 is 1.12 bits per heavy atom. The van der Waals surface area contributed by atoms with E-state index in [0.29, 0.717) is 12.5 Å². The van der Waals surface area contributed by atoms with Crippen LogP contribution in [-0.4, -0.2) is 30.1 Å². The van der Waals surface area contributed by atoms with Crippen LogP contribution in [0.3, 0.4) is 0 Å². The summed E-state index contributed by atoms with van der Waals surface area (Å²) in [5, 5.41) is 6.49. The molecule has 0 aliphatic carbocycles. The van der Waals surface area contributed by atoms with Gasteiger partial charge in [0.2, 0.25) is 0 Å². The van der Waals surface area contributed by atoms with E-state index in [2.05, 4.69) is 35.8 Å². The molecule has 2 aromatic rings. The van der Waals surface area contributed by atoms with Crippen LogP contribution in [0.1, 0.15) is 22.6 Å². The first-order valence-corrected chi connectivity index (χ1v) is 8.16. The second-order valence-electron chi connectivity index (χ2n) is 6.40. The molecule has 2 aliphatic heterocycles. The van der Waals surface area contributed by atoms with E-state index in [1.165, 1.54) is 16.7 Å². The molecule has 1 fully saturated rings. The van der Waals surface area contributed by atoms with Gasteiger partial charge in [-0.15, -0.1) is 12.4 Å². The van der Waals surface area contributed by atoms with Crippen molar-refractivity contribution in [2.75, 3.05) is 18.4 Å². The minimum absolute atomic E-state index is 0. The third kappa shape index (κ3) is 2.87. The number of hydrogen-bond donors (Lipinski definition) is 2. The largest absolute Gasteiger partial charge is 0.322 e. The van der Waals surface area contributed by atoms with Crippen LogP contribution < -0.4 is 10.6 Å². The van der Waals surface area contributed by atoms with Gasteiger partial charge in [0, 0.05) is 31.2 Å². The molecule has 126 valence electrons. The quantitative estimate of drug-likeness (QED) is 0.832. The molecule has 0 radical (unpaired) electrons. The number of halogens is 1. The van der Waals surface area contributed by atoms with Crippen molar-refractivity contribution in [3.05, 3.63) is 65.2 Å². The molecule has 0 aromatic heterocycles. The number of amides is 2. The van der Waals surface area contributed by atoms with Crippen LogP contribution in [0.5, 0.6) is 0 Å². The number of carbonyl (C=O) groups is 1. The van der Waals surface area contributed by atoms with Crippen molar-refractivity contribution in [1.82, 2.24) is 10.2 Å². The lowest BCUT2D eigenvalue weighted by molar-refractivity contribution is 0.175. The zero-order valence-electron chi connectivity index (χ0n) is 13.7. The molecule has 2 aliphatic rings. The van der Waals surface area contributed by atoms with Crippen molar-refractivity contribution in [1.29, 1.82) is 0 Å². The van der Waals surface area contributed by atoms with Crippen LogP contribution in [-0.2, 0) is 6.54 Å². The summed E-state index contributed by atoms with van der Waals surface area (Å²) in [5.41, 5.74) is 4.82. The zero-order valence-corrected chi connectivity index (χ0v) is 14.5. The first kappa shape index (κ1) is 16.8. The number of fused-ring (bicyclic) bond motifs is 3. The first-order valence-electron chi connectivity index (χ1n) is 8.16. The van der Waals surface area contributed by atoms with Gasteiger partial charge in [0.15, 0.2) is 0 Å². The highest BCUT2D eigenvalue weighted by molar-refractivity contribution is 5.90. The summed E-state index contributed by atoms with van der Waals surface area (Å²) in [4.78, 5) is 14.8. The smallest absolute Gasteiger partial charge is 0.315 e. The van der Waals surface area contributed by atoms with Crippen molar-refractivity contribution in [3.8, 4) is 0 Å². The predicted molar refractivity (Wildman–Crippen MR) is 98.8 cm³/mol. The number of benzene rings is 2. The van der Waals surface area contributed by atoms with Gasteiger partial charge in [-0.3, -0.25) is 0 Å². The van der Waals surface area contributed by atoms with Crippen LogP contribution in [0.4, 0.5) is 10.5 Å². The number of para-hydroxylation sites is 1. The Hall–Kier alpha value is -2.04. The number of urea groups is 1. The van der Waals surface area contributed by atoms with E-state index in [-0.39, 0.29) is 24.5 Å². The molecule has 2 aromatic carbocycles. The molecule has 4 rings (SSSR count). The van der Waals surface area contributed by atoms with E-state index in [9.17, 15) is 4.79 Å². The summed E-state index contributed by atoms with van der Waals surface area (Å²) in [5.74, 6) is 0.389. The highest BCUT2D eigenvalue weighted by atomic mass is 35.5. The topological polar surface area (TPSA) is 44.4 Å². The van der Waals surface area contributed by atoms with Gasteiger partial charge in [0.1, 0.15) is 0 Å². The standard InChI is InChI=1S/C19H21N3O.ClH/c1-13-6-5-9-15-16-10-20-11-18(16)22(12-17(13)15)19(23)21-14-7-3-2-4-8-14;/h2-9,16,18,20H,10-12H2,1H3,(H,21,23);1H/t16-,18+;/m0./s1. The molecular weight excluding hydrogens is 322 g/mol. The summed E-state index contributed by atoms with van der Waals surface area (Å²) in [6.45, 7) is 4.62. The van der Waals surface area contributed by atoms with E-state index < -0.39 is 0 Å². The second kappa shape index (κ2) is 6.83. The summed E-state index contributed by atoms with van der Waals surface area (Å²) in [6.07, 6.45) is 0. The van der Waals surface area contributed by atoms with E-state index in [1.807, 2.05) is 35.2 Å². The summed E-state index contributed by atoms with van der Waals surface area (Å²) in [6, 6.07) is 16.4. The van der Waals surface area contributed by atoms with E-state index >= 15 is 0 Å². The van der Waals surface area contributed by atoms with Crippen molar-refractivity contribution in [2.24, 2.45) is 0 Å². The van der Waals surface area contributed by atoms with Gasteiger partial charge < -0.3 is 15.5 Å². The summed E-state index contributed by atoms with van der Waals surface area (Å²) >= 11 is 0. The fraction of sp³-hybridized carbons (Fsp3) is 0.316. The number of rotatable bonds is 1. The number of nitrogens with one attached hydrogen (secondary N) is 2. The van der Waals surface area contributed by atoms with Crippen LogP contribution in [0.15, 0.2) is 48.5 Å². The van der Waals surface area contributed by atoms with Crippen LogP contribution >= 0.6 is 12.4 Å². The highest BCUT2D eigenvalue weighted by Gasteiger charge is 2.40. The molecule has 2 heterocycles. The molecule has 2 atom stereocenters. The third-order valence-electron chi connectivity index (χ3n) is 5.04.